The van der Waals surface area contributed by atoms with Crippen molar-refractivity contribution >= 4 is 17.2 Å². The molecule has 2 heterocycles. The molecule has 0 bridgehead atoms. The molecule has 2 N–H and O–H groups in total. The monoisotopic (exact) mass is 210 g/mol. The smallest absolute Gasteiger partial charge is 0.120 e. The van der Waals surface area contributed by atoms with Crippen LogP contribution in [-0.2, 0) is 11.3 Å². The van der Waals surface area contributed by atoms with E-state index in [9.17, 15) is 0 Å². The van der Waals surface area contributed by atoms with E-state index in [2.05, 4.69) is 4.57 Å². The third-order valence-electron chi connectivity index (χ3n) is 2.51. The van der Waals surface area contributed by atoms with Crippen molar-refractivity contribution in [1.29, 1.82) is 0 Å². The first-order chi connectivity index (χ1) is 6.77. The number of ether oxygens (including phenoxy) is 1. The molecule has 0 aromatic carbocycles. The first-order valence-corrected chi connectivity index (χ1v) is 5.25. The van der Waals surface area contributed by atoms with Crippen LogP contribution in [-0.4, -0.2) is 22.3 Å². The summed E-state index contributed by atoms with van der Waals surface area (Å²) in [5, 5.41) is 0. The van der Waals surface area contributed by atoms with Crippen molar-refractivity contribution in [3.63, 3.8) is 0 Å². The average Bonchev–Trinajstić information content (AvgIpc) is 2.75. The van der Waals surface area contributed by atoms with E-state index >= 15 is 0 Å². The van der Waals surface area contributed by atoms with Gasteiger partial charge in [0.15, 0.2) is 0 Å². The fraction of sp³-hybridized carbons (Fsp3) is 0.500. The number of nitrogens with zero attached hydrogens (tertiary/aromatic N) is 1. The highest BCUT2D eigenvalue weighted by Crippen LogP contribution is 2.15. The van der Waals surface area contributed by atoms with Crippen molar-refractivity contribution in [3.8, 4) is 0 Å². The van der Waals surface area contributed by atoms with Gasteiger partial charge in [0.05, 0.1) is 11.8 Å². The summed E-state index contributed by atoms with van der Waals surface area (Å²) >= 11 is 4.96. The molecule has 14 heavy (non-hydrogen) atoms. The summed E-state index contributed by atoms with van der Waals surface area (Å²) in [5.74, 6) is 0. The van der Waals surface area contributed by atoms with Gasteiger partial charge in [-0.1, -0.05) is 12.2 Å². The molecule has 2 rings (SSSR count). The SMILES string of the molecule is NC(=S)c1cccn1CC1CCCO1. The summed E-state index contributed by atoms with van der Waals surface area (Å²) in [7, 11) is 0. The summed E-state index contributed by atoms with van der Waals surface area (Å²) < 4.78 is 7.62. The van der Waals surface area contributed by atoms with E-state index in [0.717, 1.165) is 31.7 Å². The molecule has 0 aliphatic carbocycles. The van der Waals surface area contributed by atoms with Gasteiger partial charge in [0, 0.05) is 19.3 Å². The van der Waals surface area contributed by atoms with Gasteiger partial charge in [-0.05, 0) is 25.0 Å². The second kappa shape index (κ2) is 4.11. The van der Waals surface area contributed by atoms with Gasteiger partial charge in [-0.3, -0.25) is 0 Å². The predicted molar refractivity (Wildman–Crippen MR) is 59.3 cm³/mol. The number of rotatable bonds is 3. The molecule has 76 valence electrons. The van der Waals surface area contributed by atoms with Crippen molar-refractivity contribution in [3.05, 3.63) is 24.0 Å². The van der Waals surface area contributed by atoms with E-state index in [1.165, 1.54) is 0 Å². The maximum Gasteiger partial charge on any atom is 0.120 e. The van der Waals surface area contributed by atoms with Crippen molar-refractivity contribution in [2.24, 2.45) is 5.73 Å². The number of nitrogens with two attached hydrogens (primary N) is 1. The number of thiocarbonyl (C=S) groups is 1. The van der Waals surface area contributed by atoms with E-state index in [1.54, 1.807) is 0 Å². The molecule has 3 nitrogen and oxygen atoms in total. The maximum absolute atomic E-state index is 5.60. The Hall–Kier alpha value is -0.870. The minimum absolute atomic E-state index is 0.329. The van der Waals surface area contributed by atoms with Gasteiger partial charge in [-0.15, -0.1) is 0 Å². The molecule has 0 radical (unpaired) electrons. The van der Waals surface area contributed by atoms with E-state index in [4.69, 9.17) is 22.7 Å². The molecular formula is C10H14N2OS. The molecule has 1 fully saturated rings. The maximum atomic E-state index is 5.60. The van der Waals surface area contributed by atoms with Crippen LogP contribution in [0.1, 0.15) is 18.5 Å². The van der Waals surface area contributed by atoms with Crippen molar-refractivity contribution in [2.45, 2.75) is 25.5 Å². The van der Waals surface area contributed by atoms with Crippen molar-refractivity contribution in [1.82, 2.24) is 4.57 Å². The summed E-state index contributed by atoms with van der Waals surface area (Å²) in [6.45, 7) is 1.74. The zero-order chi connectivity index (χ0) is 9.97. The van der Waals surface area contributed by atoms with Crippen LogP contribution in [0.3, 0.4) is 0 Å². The Morgan fingerprint density at radius 2 is 2.57 bits per heavy atom. The molecule has 4 heteroatoms. The van der Waals surface area contributed by atoms with Crippen LogP contribution < -0.4 is 5.73 Å². The minimum atomic E-state index is 0.329. The second-order valence-corrected chi connectivity index (χ2v) is 3.98. The largest absolute Gasteiger partial charge is 0.388 e. The zero-order valence-electron chi connectivity index (χ0n) is 7.98. The topological polar surface area (TPSA) is 40.2 Å². The molecule has 0 spiro atoms. The van der Waals surface area contributed by atoms with Crippen LogP contribution >= 0.6 is 12.2 Å². The standard InChI is InChI=1S/C10H14N2OS/c11-10(14)9-4-1-5-12(9)7-8-3-2-6-13-8/h1,4-5,8H,2-3,6-7H2,(H2,11,14). The molecular weight excluding hydrogens is 196 g/mol. The second-order valence-electron chi connectivity index (χ2n) is 3.55. The van der Waals surface area contributed by atoms with Gasteiger partial charge in [-0.2, -0.15) is 0 Å². The minimum Gasteiger partial charge on any atom is -0.388 e. The molecule has 1 atom stereocenters. The van der Waals surface area contributed by atoms with E-state index in [0.29, 0.717) is 11.1 Å². The van der Waals surface area contributed by atoms with Gasteiger partial charge in [0.25, 0.3) is 0 Å². The molecule has 1 aromatic rings. The molecule has 1 saturated heterocycles. The fourth-order valence-corrected chi connectivity index (χ4v) is 1.99. The Morgan fingerprint density at radius 1 is 1.71 bits per heavy atom. The quantitative estimate of drug-likeness (QED) is 0.764. The highest BCUT2D eigenvalue weighted by Gasteiger charge is 2.17. The van der Waals surface area contributed by atoms with Gasteiger partial charge in [0.1, 0.15) is 4.99 Å². The molecule has 0 amide bonds. The highest BCUT2D eigenvalue weighted by molar-refractivity contribution is 7.80. The third kappa shape index (κ3) is 1.96. The Morgan fingerprint density at radius 3 is 3.21 bits per heavy atom. The predicted octanol–water partition coefficient (Wildman–Crippen LogP) is 1.30. The first kappa shape index (κ1) is 9.68. The highest BCUT2D eigenvalue weighted by atomic mass is 32.1. The van der Waals surface area contributed by atoms with Crippen LogP contribution in [0.5, 0.6) is 0 Å². The lowest BCUT2D eigenvalue weighted by molar-refractivity contribution is 0.0970. The number of aromatic nitrogens is 1. The third-order valence-corrected chi connectivity index (χ3v) is 2.72. The Balaban J connectivity index is 2.07. The van der Waals surface area contributed by atoms with Gasteiger partial charge >= 0.3 is 0 Å². The lowest BCUT2D eigenvalue weighted by atomic mass is 10.2. The number of hydrogen-bond donors (Lipinski definition) is 1. The number of hydrogen-bond acceptors (Lipinski definition) is 2. The summed E-state index contributed by atoms with van der Waals surface area (Å²) in [4.78, 5) is 0.452. The van der Waals surface area contributed by atoms with Crippen LogP contribution in [0, 0.1) is 0 Å². The molecule has 1 aliphatic heterocycles. The van der Waals surface area contributed by atoms with E-state index < -0.39 is 0 Å². The van der Waals surface area contributed by atoms with Crippen molar-refractivity contribution in [2.75, 3.05) is 6.61 Å². The van der Waals surface area contributed by atoms with Gasteiger partial charge < -0.3 is 15.0 Å². The first-order valence-electron chi connectivity index (χ1n) is 4.84. The van der Waals surface area contributed by atoms with Crippen LogP contribution in [0.25, 0.3) is 0 Å². The fourth-order valence-electron chi connectivity index (χ4n) is 1.80. The summed E-state index contributed by atoms with van der Waals surface area (Å²) in [6, 6.07) is 3.90. The Bertz CT molecular complexity index is 329. The summed E-state index contributed by atoms with van der Waals surface area (Å²) in [5.41, 5.74) is 6.53. The Labute approximate surface area is 88.8 Å². The normalized spacial score (nSPS) is 21.3. The summed E-state index contributed by atoms with van der Waals surface area (Å²) in [6.07, 6.45) is 4.62. The molecule has 1 aromatic heterocycles. The van der Waals surface area contributed by atoms with Crippen LogP contribution in [0.2, 0.25) is 0 Å². The van der Waals surface area contributed by atoms with Crippen LogP contribution in [0.4, 0.5) is 0 Å². The average molecular weight is 210 g/mol. The molecule has 0 saturated carbocycles. The van der Waals surface area contributed by atoms with E-state index in [1.807, 2.05) is 18.3 Å². The molecule has 1 unspecified atom stereocenters. The van der Waals surface area contributed by atoms with Crippen molar-refractivity contribution < 1.29 is 4.74 Å². The zero-order valence-corrected chi connectivity index (χ0v) is 8.80. The lowest BCUT2D eigenvalue weighted by Gasteiger charge is -2.13. The Kier molecular flexibility index (Phi) is 2.84. The van der Waals surface area contributed by atoms with E-state index in [-0.39, 0.29) is 0 Å². The lowest BCUT2D eigenvalue weighted by Crippen LogP contribution is -2.20. The van der Waals surface area contributed by atoms with Crippen LogP contribution in [0.15, 0.2) is 18.3 Å². The van der Waals surface area contributed by atoms with Gasteiger partial charge in [-0.25, -0.2) is 0 Å². The van der Waals surface area contributed by atoms with Gasteiger partial charge in [0.2, 0.25) is 0 Å². The molecule has 1 aliphatic rings.